The summed E-state index contributed by atoms with van der Waals surface area (Å²) < 4.78 is 26.0. The highest BCUT2D eigenvalue weighted by atomic mass is 35.5. The van der Waals surface area contributed by atoms with E-state index in [0.29, 0.717) is 24.8 Å². The van der Waals surface area contributed by atoms with E-state index in [4.69, 9.17) is 21.1 Å². The second kappa shape index (κ2) is 10.2. The zero-order valence-corrected chi connectivity index (χ0v) is 16.5. The number of nitrogens with zero attached hydrogens (tertiary/aromatic N) is 2. The number of ether oxygens (including phenoxy) is 2. The molecule has 1 saturated heterocycles. The van der Waals surface area contributed by atoms with E-state index in [1.54, 1.807) is 16.8 Å². The zero-order valence-electron chi connectivity index (χ0n) is 15.7. The van der Waals surface area contributed by atoms with Gasteiger partial charge in [0.05, 0.1) is 24.9 Å². The average molecular weight is 396 g/mol. The molecule has 1 aliphatic heterocycles. The lowest BCUT2D eigenvalue weighted by molar-refractivity contribution is 0.0166. The summed E-state index contributed by atoms with van der Waals surface area (Å²) in [6, 6.07) is 6.39. The van der Waals surface area contributed by atoms with Gasteiger partial charge in [-0.1, -0.05) is 23.7 Å². The van der Waals surface area contributed by atoms with Crippen molar-refractivity contribution in [2.45, 2.75) is 45.4 Å². The van der Waals surface area contributed by atoms with Crippen LogP contribution in [0.4, 0.5) is 4.39 Å². The van der Waals surface area contributed by atoms with Crippen LogP contribution in [-0.4, -0.2) is 42.2 Å². The Morgan fingerprint density at radius 3 is 2.93 bits per heavy atom. The number of aryl methyl sites for hydroxylation is 1. The summed E-state index contributed by atoms with van der Waals surface area (Å²) in [5.41, 5.74) is 2.87. The lowest BCUT2D eigenvalue weighted by atomic mass is 10.2. The maximum atomic E-state index is 13.0. The molecule has 0 spiro atoms. The molecule has 0 bridgehead atoms. The molecule has 1 aliphatic rings. The van der Waals surface area contributed by atoms with E-state index in [1.165, 1.54) is 12.1 Å². The predicted molar refractivity (Wildman–Crippen MR) is 104 cm³/mol. The number of aromatic nitrogens is 2. The molecule has 1 N–H and O–H groups in total. The van der Waals surface area contributed by atoms with Crippen LogP contribution in [0.3, 0.4) is 0 Å². The molecule has 2 aromatic rings. The van der Waals surface area contributed by atoms with Gasteiger partial charge in [-0.05, 0) is 50.4 Å². The molecule has 0 amide bonds. The summed E-state index contributed by atoms with van der Waals surface area (Å²) in [5.74, 6) is -0.244. The third-order valence-corrected chi connectivity index (χ3v) is 5.12. The van der Waals surface area contributed by atoms with Crippen molar-refractivity contribution in [3.8, 4) is 0 Å². The monoisotopic (exact) mass is 395 g/mol. The van der Waals surface area contributed by atoms with Gasteiger partial charge in [-0.15, -0.1) is 0 Å². The smallest absolute Gasteiger partial charge is 0.132 e. The first-order valence-electron chi connectivity index (χ1n) is 9.50. The summed E-state index contributed by atoms with van der Waals surface area (Å²) in [7, 11) is 0. The molecule has 5 nitrogen and oxygen atoms in total. The maximum absolute atomic E-state index is 13.0. The Kier molecular flexibility index (Phi) is 7.64. The molecule has 1 aromatic carbocycles. The number of nitrogens with one attached hydrogen (secondary N) is 1. The van der Waals surface area contributed by atoms with E-state index in [1.807, 2.05) is 6.92 Å². The molecule has 3 rings (SSSR count). The Balaban J connectivity index is 1.39. The summed E-state index contributed by atoms with van der Waals surface area (Å²) in [6.07, 6.45) is 3.47. The Labute approximate surface area is 164 Å². The van der Waals surface area contributed by atoms with Gasteiger partial charge >= 0.3 is 0 Å². The number of hydrogen-bond donors (Lipinski definition) is 1. The molecule has 148 valence electrons. The van der Waals surface area contributed by atoms with Crippen molar-refractivity contribution >= 4 is 11.6 Å². The van der Waals surface area contributed by atoms with Gasteiger partial charge in [0.2, 0.25) is 0 Å². The van der Waals surface area contributed by atoms with Crippen LogP contribution >= 0.6 is 11.6 Å². The summed E-state index contributed by atoms with van der Waals surface area (Å²) in [5, 5.41) is 8.53. The SMILES string of the molecule is Cc1nn(Cc2ccc(F)cc2)c(Cl)c1CNCCCOCC1CCCO1. The van der Waals surface area contributed by atoms with E-state index in [-0.39, 0.29) is 11.9 Å². The molecule has 27 heavy (non-hydrogen) atoms. The van der Waals surface area contributed by atoms with Crippen LogP contribution < -0.4 is 5.32 Å². The first kappa shape index (κ1) is 20.3. The van der Waals surface area contributed by atoms with Crippen molar-refractivity contribution in [3.63, 3.8) is 0 Å². The molecule has 1 atom stereocenters. The van der Waals surface area contributed by atoms with Crippen molar-refractivity contribution < 1.29 is 13.9 Å². The van der Waals surface area contributed by atoms with Gasteiger partial charge in [-0.3, -0.25) is 0 Å². The van der Waals surface area contributed by atoms with Crippen LogP contribution in [0.2, 0.25) is 5.15 Å². The molecule has 1 aromatic heterocycles. The van der Waals surface area contributed by atoms with Crippen LogP contribution in [0.25, 0.3) is 0 Å². The fourth-order valence-electron chi connectivity index (χ4n) is 3.16. The summed E-state index contributed by atoms with van der Waals surface area (Å²) in [6.45, 7) is 6.28. The van der Waals surface area contributed by atoms with Gasteiger partial charge in [-0.25, -0.2) is 9.07 Å². The van der Waals surface area contributed by atoms with Crippen LogP contribution in [0.1, 0.15) is 36.1 Å². The van der Waals surface area contributed by atoms with E-state index >= 15 is 0 Å². The van der Waals surface area contributed by atoms with Crippen molar-refractivity contribution in [2.75, 3.05) is 26.4 Å². The van der Waals surface area contributed by atoms with Crippen LogP contribution in [-0.2, 0) is 22.6 Å². The minimum atomic E-state index is -0.244. The molecule has 7 heteroatoms. The highest BCUT2D eigenvalue weighted by Crippen LogP contribution is 2.21. The first-order valence-corrected chi connectivity index (χ1v) is 9.87. The third kappa shape index (κ3) is 6.01. The van der Waals surface area contributed by atoms with Crippen LogP contribution in [0, 0.1) is 12.7 Å². The Morgan fingerprint density at radius 2 is 2.19 bits per heavy atom. The highest BCUT2D eigenvalue weighted by Gasteiger charge is 2.15. The minimum absolute atomic E-state index is 0.244. The van der Waals surface area contributed by atoms with Gasteiger partial charge in [-0.2, -0.15) is 5.10 Å². The van der Waals surface area contributed by atoms with Gasteiger partial charge < -0.3 is 14.8 Å². The second-order valence-corrected chi connectivity index (χ2v) is 7.24. The van der Waals surface area contributed by atoms with Crippen molar-refractivity contribution in [1.29, 1.82) is 0 Å². The normalized spacial score (nSPS) is 16.9. The fraction of sp³-hybridized carbons (Fsp3) is 0.550. The van der Waals surface area contributed by atoms with Crippen molar-refractivity contribution in [2.24, 2.45) is 0 Å². The first-order chi connectivity index (χ1) is 13.1. The summed E-state index contributed by atoms with van der Waals surface area (Å²) >= 11 is 6.49. The molecule has 1 fully saturated rings. The number of hydrogen-bond acceptors (Lipinski definition) is 4. The van der Waals surface area contributed by atoms with E-state index in [9.17, 15) is 4.39 Å². The largest absolute Gasteiger partial charge is 0.379 e. The molecule has 2 heterocycles. The highest BCUT2D eigenvalue weighted by molar-refractivity contribution is 6.30. The fourth-order valence-corrected chi connectivity index (χ4v) is 3.46. The van der Waals surface area contributed by atoms with E-state index < -0.39 is 0 Å². The molecule has 0 aliphatic carbocycles. The third-order valence-electron chi connectivity index (χ3n) is 4.70. The molecular formula is C20H27ClFN3O2. The Morgan fingerprint density at radius 1 is 1.37 bits per heavy atom. The van der Waals surface area contributed by atoms with Crippen LogP contribution in [0.5, 0.6) is 0 Å². The Bertz CT molecular complexity index is 715. The van der Waals surface area contributed by atoms with Gasteiger partial charge in [0.25, 0.3) is 0 Å². The topological polar surface area (TPSA) is 48.3 Å². The van der Waals surface area contributed by atoms with E-state index in [0.717, 1.165) is 55.8 Å². The van der Waals surface area contributed by atoms with Crippen LogP contribution in [0.15, 0.2) is 24.3 Å². The second-order valence-electron chi connectivity index (χ2n) is 6.88. The van der Waals surface area contributed by atoms with Crippen molar-refractivity contribution in [3.05, 3.63) is 52.1 Å². The van der Waals surface area contributed by atoms with Gasteiger partial charge in [0, 0.05) is 25.3 Å². The minimum Gasteiger partial charge on any atom is -0.379 e. The van der Waals surface area contributed by atoms with Gasteiger partial charge in [0.1, 0.15) is 11.0 Å². The predicted octanol–water partition coefficient (Wildman–Crippen LogP) is 3.71. The quantitative estimate of drug-likeness (QED) is 0.623. The molecule has 1 unspecified atom stereocenters. The molecule has 0 radical (unpaired) electrons. The number of benzene rings is 1. The lowest BCUT2D eigenvalue weighted by Crippen LogP contribution is -2.19. The maximum Gasteiger partial charge on any atom is 0.132 e. The van der Waals surface area contributed by atoms with Crippen molar-refractivity contribution in [1.82, 2.24) is 15.1 Å². The number of rotatable bonds is 10. The van der Waals surface area contributed by atoms with Gasteiger partial charge in [0.15, 0.2) is 0 Å². The zero-order chi connectivity index (χ0) is 19.1. The van der Waals surface area contributed by atoms with E-state index in [2.05, 4.69) is 10.4 Å². The molecular weight excluding hydrogens is 369 g/mol. The molecule has 0 saturated carbocycles. The lowest BCUT2D eigenvalue weighted by Gasteiger charge is -2.10. The Hall–Kier alpha value is -1.47. The number of halogens is 2. The standard InChI is InChI=1S/C20H27ClFN3O2/c1-15-19(12-23-9-3-10-26-14-18-4-2-11-27-18)20(21)25(24-15)13-16-5-7-17(22)8-6-16/h5-8,18,23H,2-4,9-14H2,1H3. The summed E-state index contributed by atoms with van der Waals surface area (Å²) in [4.78, 5) is 0. The average Bonchev–Trinajstić information content (AvgIpc) is 3.26.